The number of aromatic carboxylic acids is 1. The summed E-state index contributed by atoms with van der Waals surface area (Å²) in [5.74, 6) is -1.24. The van der Waals surface area contributed by atoms with E-state index in [1.54, 1.807) is 6.07 Å². The number of nitro benzene ring substituents is 1. The van der Waals surface area contributed by atoms with Crippen LogP contribution in [0.5, 0.6) is 0 Å². The fourth-order valence-electron chi connectivity index (χ4n) is 1.57. The highest BCUT2D eigenvalue weighted by Crippen LogP contribution is 2.23. The molecule has 0 radical (unpaired) electrons. The first-order valence-corrected chi connectivity index (χ1v) is 4.91. The van der Waals surface area contributed by atoms with Crippen molar-refractivity contribution in [2.24, 2.45) is 0 Å². The third-order valence-electron chi connectivity index (χ3n) is 2.35. The zero-order chi connectivity index (χ0) is 13.3. The van der Waals surface area contributed by atoms with Crippen molar-refractivity contribution < 1.29 is 14.8 Å². The predicted molar refractivity (Wildman–Crippen MR) is 59.7 cm³/mol. The molecule has 0 saturated carbocycles. The van der Waals surface area contributed by atoms with Crippen LogP contribution in [0.15, 0.2) is 24.3 Å². The lowest BCUT2D eigenvalue weighted by molar-refractivity contribution is -0.384. The van der Waals surface area contributed by atoms with E-state index >= 15 is 0 Å². The second-order valence-corrected chi connectivity index (χ2v) is 3.49. The molecule has 0 unspecified atom stereocenters. The molecule has 0 spiro atoms. The Labute approximate surface area is 101 Å². The van der Waals surface area contributed by atoms with Crippen molar-refractivity contribution in [1.29, 1.82) is 0 Å². The number of carboxylic acids is 1. The van der Waals surface area contributed by atoms with Gasteiger partial charge in [0.15, 0.2) is 5.69 Å². The minimum Gasteiger partial charge on any atom is -0.476 e. The highest BCUT2D eigenvalue weighted by Gasteiger charge is 2.23. The fourth-order valence-corrected chi connectivity index (χ4v) is 1.57. The number of hydrogen-bond donors (Lipinski definition) is 1. The number of nitro groups is 1. The van der Waals surface area contributed by atoms with Gasteiger partial charge in [-0.25, -0.2) is 4.79 Å². The van der Waals surface area contributed by atoms with Gasteiger partial charge in [0.2, 0.25) is 0 Å². The van der Waals surface area contributed by atoms with E-state index < -0.39 is 10.9 Å². The number of carbonyl (C=O) groups is 1. The fraction of sp³-hybridized carbons (Fsp3) is 0.100. The van der Waals surface area contributed by atoms with Gasteiger partial charge in [-0.3, -0.25) is 10.1 Å². The first kappa shape index (κ1) is 11.7. The van der Waals surface area contributed by atoms with Crippen molar-refractivity contribution in [3.63, 3.8) is 0 Å². The van der Waals surface area contributed by atoms with Crippen molar-refractivity contribution in [2.75, 3.05) is 0 Å². The molecule has 8 heteroatoms. The quantitative estimate of drug-likeness (QED) is 0.644. The van der Waals surface area contributed by atoms with Crippen molar-refractivity contribution in [1.82, 2.24) is 15.0 Å². The molecule has 8 nitrogen and oxygen atoms in total. The van der Waals surface area contributed by atoms with Gasteiger partial charge in [0.1, 0.15) is 5.69 Å². The maximum atomic E-state index is 11.1. The summed E-state index contributed by atoms with van der Waals surface area (Å²) in [7, 11) is 0. The molecule has 1 aromatic heterocycles. The number of carboxylic acid groups (broad SMARTS) is 1. The summed E-state index contributed by atoms with van der Waals surface area (Å²) in [5, 5.41) is 27.2. The third-order valence-corrected chi connectivity index (χ3v) is 2.35. The summed E-state index contributed by atoms with van der Waals surface area (Å²) in [5.41, 5.74) is -0.157. The molecule has 2 aromatic rings. The second kappa shape index (κ2) is 4.24. The summed E-state index contributed by atoms with van der Waals surface area (Å²) in [6.07, 6.45) is 0. The molecular formula is C10H8N4O4. The van der Waals surface area contributed by atoms with Gasteiger partial charge in [-0.15, -0.1) is 5.10 Å². The largest absolute Gasteiger partial charge is 0.476 e. The van der Waals surface area contributed by atoms with E-state index in [0.29, 0.717) is 0 Å². The number of hydrogen-bond acceptors (Lipinski definition) is 5. The first-order valence-electron chi connectivity index (χ1n) is 4.91. The Morgan fingerprint density at radius 2 is 2.11 bits per heavy atom. The lowest BCUT2D eigenvalue weighted by Gasteiger charge is -2.03. The molecule has 0 atom stereocenters. The van der Waals surface area contributed by atoms with E-state index in [9.17, 15) is 14.9 Å². The lowest BCUT2D eigenvalue weighted by Crippen LogP contribution is -2.10. The molecule has 0 bridgehead atoms. The van der Waals surface area contributed by atoms with Crippen LogP contribution in [-0.4, -0.2) is 31.0 Å². The van der Waals surface area contributed by atoms with E-state index in [4.69, 9.17) is 5.11 Å². The van der Waals surface area contributed by atoms with Crippen LogP contribution >= 0.6 is 0 Å². The van der Waals surface area contributed by atoms with Crippen LogP contribution in [0, 0.1) is 17.0 Å². The van der Waals surface area contributed by atoms with E-state index in [-0.39, 0.29) is 22.8 Å². The topological polar surface area (TPSA) is 111 Å². The minimum absolute atomic E-state index is 0.0699. The normalized spacial score (nSPS) is 10.3. The van der Waals surface area contributed by atoms with Gasteiger partial charge < -0.3 is 5.11 Å². The van der Waals surface area contributed by atoms with Gasteiger partial charge >= 0.3 is 5.97 Å². The Kier molecular flexibility index (Phi) is 2.76. The monoisotopic (exact) mass is 248 g/mol. The molecule has 0 amide bonds. The molecule has 1 heterocycles. The highest BCUT2D eigenvalue weighted by atomic mass is 16.6. The molecule has 0 fully saturated rings. The average molecular weight is 248 g/mol. The number of aryl methyl sites for hydroxylation is 1. The molecular weight excluding hydrogens is 240 g/mol. The van der Waals surface area contributed by atoms with E-state index in [2.05, 4.69) is 10.3 Å². The zero-order valence-electron chi connectivity index (χ0n) is 9.27. The molecule has 0 aliphatic rings. The van der Waals surface area contributed by atoms with E-state index in [1.165, 1.54) is 25.1 Å². The molecule has 0 saturated heterocycles. The summed E-state index contributed by atoms with van der Waals surface area (Å²) in [4.78, 5) is 21.4. The Hall–Kier alpha value is -2.77. The van der Waals surface area contributed by atoms with Gasteiger partial charge in [0.25, 0.3) is 5.69 Å². The minimum atomic E-state index is -1.24. The molecule has 92 valence electrons. The average Bonchev–Trinajstić information content (AvgIpc) is 2.71. The smallest absolute Gasteiger partial charge is 0.356 e. The number of aromatic nitrogens is 3. The van der Waals surface area contributed by atoms with Gasteiger partial charge in [0.05, 0.1) is 10.6 Å². The van der Waals surface area contributed by atoms with Crippen LogP contribution in [0.1, 0.15) is 16.2 Å². The van der Waals surface area contributed by atoms with Crippen molar-refractivity contribution in [3.8, 4) is 5.69 Å². The third kappa shape index (κ3) is 1.79. The maximum absolute atomic E-state index is 11.1. The second-order valence-electron chi connectivity index (χ2n) is 3.49. The first-order chi connectivity index (χ1) is 8.52. The predicted octanol–water partition coefficient (Wildman–Crippen LogP) is 1.18. The van der Waals surface area contributed by atoms with Gasteiger partial charge in [-0.1, -0.05) is 17.3 Å². The number of nitrogens with zero attached hydrogens (tertiary/aromatic N) is 4. The Balaban J connectivity index is 2.70. The van der Waals surface area contributed by atoms with Crippen LogP contribution in [0.4, 0.5) is 5.69 Å². The van der Waals surface area contributed by atoms with Crippen molar-refractivity contribution in [2.45, 2.75) is 6.92 Å². The Morgan fingerprint density at radius 1 is 1.44 bits per heavy atom. The molecule has 1 N–H and O–H groups in total. The van der Waals surface area contributed by atoms with Crippen molar-refractivity contribution >= 4 is 11.7 Å². The molecule has 18 heavy (non-hydrogen) atoms. The Bertz CT molecular complexity index is 635. The molecule has 0 aliphatic carbocycles. The SMILES string of the molecule is Cc1nnn(-c2ccccc2[N+](=O)[O-])c1C(=O)O. The van der Waals surface area contributed by atoms with Crippen LogP contribution in [0.25, 0.3) is 5.69 Å². The van der Waals surface area contributed by atoms with Gasteiger partial charge in [-0.05, 0) is 13.0 Å². The molecule has 2 rings (SSSR count). The lowest BCUT2D eigenvalue weighted by atomic mass is 10.2. The number of rotatable bonds is 3. The van der Waals surface area contributed by atoms with Crippen LogP contribution in [0.2, 0.25) is 0 Å². The van der Waals surface area contributed by atoms with Crippen LogP contribution in [0.3, 0.4) is 0 Å². The Morgan fingerprint density at radius 3 is 2.72 bits per heavy atom. The number of benzene rings is 1. The van der Waals surface area contributed by atoms with E-state index in [1.807, 2.05) is 0 Å². The zero-order valence-corrected chi connectivity index (χ0v) is 9.27. The standard InChI is InChI=1S/C10H8N4O4/c1-6-9(10(15)16)13(12-11-6)7-4-2-3-5-8(7)14(17)18/h2-5H,1H3,(H,15,16). The van der Waals surface area contributed by atoms with E-state index in [0.717, 1.165) is 4.68 Å². The van der Waals surface area contributed by atoms with Crippen molar-refractivity contribution in [3.05, 3.63) is 45.8 Å². The number of para-hydroxylation sites is 2. The molecule has 1 aromatic carbocycles. The summed E-state index contributed by atoms with van der Waals surface area (Å²) >= 11 is 0. The van der Waals surface area contributed by atoms with Gasteiger partial charge in [0, 0.05) is 6.07 Å². The molecule has 0 aliphatic heterocycles. The highest BCUT2D eigenvalue weighted by molar-refractivity contribution is 5.87. The van der Waals surface area contributed by atoms with Crippen LogP contribution < -0.4 is 0 Å². The summed E-state index contributed by atoms with van der Waals surface area (Å²) in [6.45, 7) is 1.47. The van der Waals surface area contributed by atoms with Gasteiger partial charge in [-0.2, -0.15) is 4.68 Å². The maximum Gasteiger partial charge on any atom is 0.356 e. The summed E-state index contributed by atoms with van der Waals surface area (Å²) in [6, 6.07) is 5.74. The van der Waals surface area contributed by atoms with Crippen LogP contribution in [-0.2, 0) is 0 Å². The summed E-state index contributed by atoms with van der Waals surface area (Å²) < 4.78 is 0.954.